The normalized spacial score (nSPS) is 11.5. The fraction of sp³-hybridized carbons (Fsp3) is 0.235. The van der Waals surface area contributed by atoms with Crippen molar-refractivity contribution in [3.05, 3.63) is 53.0 Å². The molecular weight excluding hydrogens is 280 g/mol. The van der Waals surface area contributed by atoms with Crippen molar-refractivity contribution in [1.82, 2.24) is 0 Å². The smallest absolute Gasteiger partial charge is 0.249 e. The second-order valence-electron chi connectivity index (χ2n) is 5.12. The topological polar surface area (TPSA) is 83.1 Å². The van der Waals surface area contributed by atoms with Crippen LogP contribution in [0.5, 0.6) is 0 Å². The zero-order chi connectivity index (χ0) is 16.3. The van der Waals surface area contributed by atoms with Crippen LogP contribution < -0.4 is 5.32 Å². The summed E-state index contributed by atoms with van der Waals surface area (Å²) in [4.78, 5) is 24.5. The van der Waals surface area contributed by atoms with Gasteiger partial charge in [0.1, 0.15) is 5.76 Å². The maximum absolute atomic E-state index is 12.3. The zero-order valence-electron chi connectivity index (χ0n) is 12.6. The summed E-state index contributed by atoms with van der Waals surface area (Å²) in [5.41, 5.74) is 2.78. The second kappa shape index (κ2) is 6.27. The summed E-state index contributed by atoms with van der Waals surface area (Å²) in [6.45, 7) is 5.41. The molecule has 0 bridgehead atoms. The lowest BCUT2D eigenvalue weighted by molar-refractivity contribution is -0.117. The molecule has 1 aromatic carbocycles. The highest BCUT2D eigenvalue weighted by atomic mass is 16.3. The number of carbonyl (C=O) groups excluding carboxylic acids is 2. The fourth-order valence-electron chi connectivity index (χ4n) is 2.19. The number of benzene rings is 1. The van der Waals surface area contributed by atoms with Gasteiger partial charge in [0.15, 0.2) is 11.7 Å². The van der Waals surface area contributed by atoms with Crippen molar-refractivity contribution in [1.29, 1.82) is 5.26 Å². The van der Waals surface area contributed by atoms with Crippen LogP contribution in [0.15, 0.2) is 34.9 Å². The van der Waals surface area contributed by atoms with Gasteiger partial charge in [-0.1, -0.05) is 17.7 Å². The van der Waals surface area contributed by atoms with E-state index in [0.717, 1.165) is 11.1 Å². The van der Waals surface area contributed by atoms with E-state index >= 15 is 0 Å². The molecule has 1 N–H and O–H groups in total. The lowest BCUT2D eigenvalue weighted by Crippen LogP contribution is -2.29. The van der Waals surface area contributed by atoms with Gasteiger partial charge in [-0.05, 0) is 38.5 Å². The standard InChI is InChI=1S/C17H16N2O3/c1-10-4-5-15(11(2)8-10)19-17(21)14(9-18)16(20)13-6-7-22-12(13)3/h4-8,14H,1-3H3,(H,19,21)/t14-/m0/s1. The highest BCUT2D eigenvalue weighted by molar-refractivity contribution is 6.16. The van der Waals surface area contributed by atoms with Crippen molar-refractivity contribution in [2.24, 2.45) is 5.92 Å². The minimum Gasteiger partial charge on any atom is -0.469 e. The number of rotatable bonds is 4. The SMILES string of the molecule is Cc1ccc(NC(=O)[C@@H](C#N)C(=O)c2ccoc2C)c(C)c1. The summed E-state index contributed by atoms with van der Waals surface area (Å²) in [7, 11) is 0. The molecule has 0 unspecified atom stereocenters. The molecule has 1 aromatic heterocycles. The van der Waals surface area contributed by atoms with Crippen molar-refractivity contribution >= 4 is 17.4 Å². The first-order valence-corrected chi connectivity index (χ1v) is 6.80. The van der Waals surface area contributed by atoms with Crippen molar-refractivity contribution in [3.8, 4) is 6.07 Å². The van der Waals surface area contributed by atoms with E-state index in [9.17, 15) is 14.9 Å². The number of anilines is 1. The molecule has 1 heterocycles. The van der Waals surface area contributed by atoms with E-state index in [4.69, 9.17) is 4.42 Å². The Bertz CT molecular complexity index is 768. The first-order chi connectivity index (χ1) is 10.4. The van der Waals surface area contributed by atoms with Crippen LogP contribution in [0.1, 0.15) is 27.2 Å². The van der Waals surface area contributed by atoms with Gasteiger partial charge in [0, 0.05) is 5.69 Å². The van der Waals surface area contributed by atoms with Crippen molar-refractivity contribution < 1.29 is 14.0 Å². The molecule has 2 rings (SSSR count). The van der Waals surface area contributed by atoms with Crippen molar-refractivity contribution in [3.63, 3.8) is 0 Å². The van der Waals surface area contributed by atoms with Gasteiger partial charge < -0.3 is 9.73 Å². The molecule has 0 radical (unpaired) electrons. The molecule has 0 saturated carbocycles. The van der Waals surface area contributed by atoms with E-state index < -0.39 is 17.6 Å². The molecule has 5 heteroatoms. The van der Waals surface area contributed by atoms with Gasteiger partial charge in [0.25, 0.3) is 0 Å². The Morgan fingerprint density at radius 3 is 2.50 bits per heavy atom. The molecule has 112 valence electrons. The first-order valence-electron chi connectivity index (χ1n) is 6.80. The third-order valence-electron chi connectivity index (χ3n) is 3.42. The minimum atomic E-state index is -1.41. The number of ketones is 1. The van der Waals surface area contributed by atoms with E-state index in [1.54, 1.807) is 19.1 Å². The van der Waals surface area contributed by atoms with Gasteiger partial charge in [-0.25, -0.2) is 0 Å². The Hall–Kier alpha value is -2.87. The monoisotopic (exact) mass is 296 g/mol. The molecule has 2 aromatic rings. The lowest BCUT2D eigenvalue weighted by Gasteiger charge is -2.11. The predicted molar refractivity (Wildman–Crippen MR) is 81.4 cm³/mol. The third-order valence-corrected chi connectivity index (χ3v) is 3.42. The Morgan fingerprint density at radius 1 is 1.23 bits per heavy atom. The highest BCUT2D eigenvalue weighted by Gasteiger charge is 2.29. The molecule has 1 amide bonds. The molecule has 22 heavy (non-hydrogen) atoms. The number of hydrogen-bond donors (Lipinski definition) is 1. The number of carbonyl (C=O) groups is 2. The average Bonchev–Trinajstić information content (AvgIpc) is 2.89. The van der Waals surface area contributed by atoms with Crippen molar-refractivity contribution in [2.45, 2.75) is 20.8 Å². The first kappa shape index (κ1) is 15.5. The number of nitrogens with zero attached hydrogens (tertiary/aromatic N) is 1. The molecular formula is C17H16N2O3. The molecule has 0 spiro atoms. The van der Waals surface area contributed by atoms with E-state index in [1.807, 2.05) is 26.0 Å². The van der Waals surface area contributed by atoms with Crippen LogP contribution in [0.3, 0.4) is 0 Å². The van der Waals surface area contributed by atoms with E-state index in [-0.39, 0.29) is 5.56 Å². The number of nitriles is 1. The summed E-state index contributed by atoms with van der Waals surface area (Å²) in [6, 6.07) is 8.75. The van der Waals surface area contributed by atoms with Crippen LogP contribution in [0.4, 0.5) is 5.69 Å². The molecule has 0 aliphatic heterocycles. The summed E-state index contributed by atoms with van der Waals surface area (Å²) >= 11 is 0. The Kier molecular flexibility index (Phi) is 4.42. The van der Waals surface area contributed by atoms with Gasteiger partial charge >= 0.3 is 0 Å². The minimum absolute atomic E-state index is 0.252. The summed E-state index contributed by atoms with van der Waals surface area (Å²) < 4.78 is 5.05. The summed E-state index contributed by atoms with van der Waals surface area (Å²) in [5, 5.41) is 11.8. The molecule has 0 aliphatic rings. The van der Waals surface area contributed by atoms with Gasteiger partial charge in [0.2, 0.25) is 5.91 Å². The number of aryl methyl sites for hydroxylation is 3. The maximum atomic E-state index is 12.3. The Morgan fingerprint density at radius 2 is 1.95 bits per heavy atom. The van der Waals surface area contributed by atoms with Gasteiger partial charge in [0.05, 0.1) is 17.9 Å². The second-order valence-corrected chi connectivity index (χ2v) is 5.12. The molecule has 0 saturated heterocycles. The Balaban J connectivity index is 2.21. The number of Topliss-reactive ketones (excluding diaryl/α,β-unsaturated/α-hetero) is 1. The van der Waals surface area contributed by atoms with Gasteiger partial charge in [-0.3, -0.25) is 9.59 Å². The molecule has 1 atom stereocenters. The van der Waals surface area contributed by atoms with Crippen molar-refractivity contribution in [2.75, 3.05) is 5.32 Å². The predicted octanol–water partition coefficient (Wildman–Crippen LogP) is 3.17. The van der Waals surface area contributed by atoms with E-state index in [1.165, 1.54) is 12.3 Å². The number of furan rings is 1. The van der Waals surface area contributed by atoms with Crippen LogP contribution in [0.25, 0.3) is 0 Å². The van der Waals surface area contributed by atoms with Crippen LogP contribution in [-0.4, -0.2) is 11.7 Å². The van der Waals surface area contributed by atoms with Crippen LogP contribution in [0.2, 0.25) is 0 Å². The Labute approximate surface area is 128 Å². The quantitative estimate of drug-likeness (QED) is 0.694. The summed E-state index contributed by atoms with van der Waals surface area (Å²) in [5.74, 6) is -2.21. The largest absolute Gasteiger partial charge is 0.469 e. The molecule has 0 fully saturated rings. The number of hydrogen-bond acceptors (Lipinski definition) is 4. The zero-order valence-corrected chi connectivity index (χ0v) is 12.6. The van der Waals surface area contributed by atoms with Crippen LogP contribution >= 0.6 is 0 Å². The molecule has 5 nitrogen and oxygen atoms in total. The van der Waals surface area contributed by atoms with Crippen LogP contribution in [-0.2, 0) is 4.79 Å². The number of amides is 1. The summed E-state index contributed by atoms with van der Waals surface area (Å²) in [6.07, 6.45) is 1.36. The third kappa shape index (κ3) is 3.07. The highest BCUT2D eigenvalue weighted by Crippen LogP contribution is 2.19. The lowest BCUT2D eigenvalue weighted by atomic mass is 9.98. The maximum Gasteiger partial charge on any atom is 0.249 e. The van der Waals surface area contributed by atoms with Gasteiger partial charge in [-0.15, -0.1) is 0 Å². The van der Waals surface area contributed by atoms with Gasteiger partial charge in [-0.2, -0.15) is 5.26 Å². The number of nitrogens with one attached hydrogen (secondary N) is 1. The van der Waals surface area contributed by atoms with E-state index in [0.29, 0.717) is 11.4 Å². The average molecular weight is 296 g/mol. The fourth-order valence-corrected chi connectivity index (χ4v) is 2.19. The van der Waals surface area contributed by atoms with E-state index in [2.05, 4.69) is 5.32 Å². The van der Waals surface area contributed by atoms with Crippen LogP contribution in [0, 0.1) is 38.0 Å². The molecule has 0 aliphatic carbocycles.